The van der Waals surface area contributed by atoms with Crippen LogP contribution in [0.3, 0.4) is 0 Å². The van der Waals surface area contributed by atoms with E-state index in [1.165, 1.54) is 12.5 Å². The minimum Gasteiger partial charge on any atom is -0.427 e. The number of hydrogen-bond acceptors (Lipinski definition) is 1. The van der Waals surface area contributed by atoms with E-state index in [1.54, 1.807) is 7.11 Å². The molecule has 0 aromatic carbocycles. The molecule has 0 rings (SSSR count). The molecule has 0 aliphatic heterocycles. The molecule has 0 saturated carbocycles. The predicted octanol–water partition coefficient (Wildman–Crippen LogP) is 0.920. The second-order valence-corrected chi connectivity index (χ2v) is 3.87. The van der Waals surface area contributed by atoms with Crippen LogP contribution < -0.4 is 0 Å². The van der Waals surface area contributed by atoms with Crippen LogP contribution in [0, 0.1) is 0 Å². The smallest absolute Gasteiger partial charge is 0.161 e. The molecule has 7 heavy (non-hydrogen) atoms. The quantitative estimate of drug-likeness (QED) is 0.357. The van der Waals surface area contributed by atoms with Gasteiger partial charge in [-0.05, 0) is 12.5 Å². The normalized spacial score (nSPS) is 11.1. The van der Waals surface area contributed by atoms with E-state index in [0.717, 1.165) is 5.33 Å². The second-order valence-electron chi connectivity index (χ2n) is 1.39. The molecule has 0 saturated heterocycles. The molecular weight excluding hydrogens is 172 g/mol. The molecule has 1 nitrogen and oxygen atoms in total. The van der Waals surface area contributed by atoms with E-state index in [9.17, 15) is 0 Å². The van der Waals surface area contributed by atoms with Crippen LogP contribution in [0.15, 0.2) is 0 Å². The van der Waals surface area contributed by atoms with Gasteiger partial charge in [-0.25, -0.2) is 0 Å². The Morgan fingerprint density at radius 3 is 2.86 bits per heavy atom. The Bertz CT molecular complexity index is 30.9. The summed E-state index contributed by atoms with van der Waals surface area (Å²) in [6.45, 7) is 0. The first-order chi connectivity index (χ1) is 3.41. The van der Waals surface area contributed by atoms with Crippen molar-refractivity contribution in [2.45, 2.75) is 12.5 Å². The highest BCUT2D eigenvalue weighted by Crippen LogP contribution is 1.92. The van der Waals surface area contributed by atoms with E-state index < -0.39 is 0 Å². The lowest BCUT2D eigenvalue weighted by molar-refractivity contribution is 0.440. The van der Waals surface area contributed by atoms with Gasteiger partial charge in [-0.3, -0.25) is 0 Å². The van der Waals surface area contributed by atoms with Crippen molar-refractivity contribution in [1.29, 1.82) is 0 Å². The van der Waals surface area contributed by atoms with Crippen LogP contribution >= 0.6 is 15.9 Å². The number of alkyl halides is 1. The Morgan fingerprint density at radius 1 is 1.71 bits per heavy atom. The SMILES string of the molecule is CO[SiH2]CCCBr. The summed E-state index contributed by atoms with van der Waals surface area (Å²) in [5.41, 5.74) is 0. The molecule has 0 spiro atoms. The zero-order chi connectivity index (χ0) is 5.54. The van der Waals surface area contributed by atoms with Gasteiger partial charge in [-0.2, -0.15) is 0 Å². The summed E-state index contributed by atoms with van der Waals surface area (Å²) in [6.07, 6.45) is 1.28. The molecule has 0 unspecified atom stereocenters. The molecule has 0 radical (unpaired) electrons. The monoisotopic (exact) mass is 182 g/mol. The summed E-state index contributed by atoms with van der Waals surface area (Å²) >= 11 is 3.35. The topological polar surface area (TPSA) is 9.23 Å². The van der Waals surface area contributed by atoms with Gasteiger partial charge in [0.1, 0.15) is 0 Å². The molecule has 0 N–H and O–H groups in total. The lowest BCUT2D eigenvalue weighted by Gasteiger charge is -1.90. The standard InChI is InChI=1S/C4H11BrOSi/c1-6-7-4-2-3-5/h2-4,7H2,1H3. The molecule has 0 aliphatic carbocycles. The minimum absolute atomic E-state index is 0.119. The van der Waals surface area contributed by atoms with Crippen molar-refractivity contribution < 1.29 is 4.43 Å². The van der Waals surface area contributed by atoms with E-state index in [2.05, 4.69) is 15.9 Å². The zero-order valence-electron chi connectivity index (χ0n) is 4.61. The van der Waals surface area contributed by atoms with Crippen LogP contribution in [-0.4, -0.2) is 22.2 Å². The Hall–Kier alpha value is 0.657. The van der Waals surface area contributed by atoms with Crippen molar-refractivity contribution in [3.05, 3.63) is 0 Å². The first kappa shape index (κ1) is 7.66. The lowest BCUT2D eigenvalue weighted by Crippen LogP contribution is -1.91. The highest BCUT2D eigenvalue weighted by Gasteiger charge is 1.82. The summed E-state index contributed by atoms with van der Waals surface area (Å²) in [6, 6.07) is 1.31. The maximum Gasteiger partial charge on any atom is 0.161 e. The number of rotatable bonds is 4. The Labute approximate surface area is 55.5 Å². The summed E-state index contributed by atoms with van der Waals surface area (Å²) in [7, 11) is 1.67. The molecular formula is C4H11BrOSi. The van der Waals surface area contributed by atoms with Crippen LogP contribution in [0.4, 0.5) is 0 Å². The maximum absolute atomic E-state index is 4.96. The van der Waals surface area contributed by atoms with Crippen LogP contribution in [0.1, 0.15) is 6.42 Å². The number of halogens is 1. The fraction of sp³-hybridized carbons (Fsp3) is 1.00. The van der Waals surface area contributed by atoms with E-state index in [4.69, 9.17) is 4.43 Å². The fourth-order valence-electron chi connectivity index (χ4n) is 0.341. The fourth-order valence-corrected chi connectivity index (χ4v) is 2.21. The van der Waals surface area contributed by atoms with Gasteiger partial charge in [-0.1, -0.05) is 15.9 Å². The van der Waals surface area contributed by atoms with Crippen LogP contribution in [0.25, 0.3) is 0 Å². The van der Waals surface area contributed by atoms with Gasteiger partial charge in [0.2, 0.25) is 0 Å². The molecule has 0 atom stereocenters. The van der Waals surface area contributed by atoms with Gasteiger partial charge in [-0.15, -0.1) is 0 Å². The third-order valence-corrected chi connectivity index (χ3v) is 2.49. The lowest BCUT2D eigenvalue weighted by atomic mass is 10.6. The van der Waals surface area contributed by atoms with Crippen molar-refractivity contribution in [2.75, 3.05) is 12.4 Å². The summed E-state index contributed by atoms with van der Waals surface area (Å²) in [5.74, 6) is 0. The molecule has 0 heterocycles. The molecule has 0 bridgehead atoms. The maximum atomic E-state index is 4.96. The summed E-state index contributed by atoms with van der Waals surface area (Å²) < 4.78 is 4.96. The van der Waals surface area contributed by atoms with Crippen LogP contribution in [0.5, 0.6) is 0 Å². The van der Waals surface area contributed by atoms with Gasteiger partial charge < -0.3 is 4.43 Å². The highest BCUT2D eigenvalue weighted by atomic mass is 79.9. The molecule has 0 aliphatic rings. The van der Waals surface area contributed by atoms with Gasteiger partial charge >= 0.3 is 0 Å². The zero-order valence-corrected chi connectivity index (χ0v) is 7.61. The average molecular weight is 183 g/mol. The van der Waals surface area contributed by atoms with Gasteiger partial charge in [0.25, 0.3) is 0 Å². The Balaban J connectivity index is 2.45. The Kier molecular flexibility index (Phi) is 7.28. The first-order valence-electron chi connectivity index (χ1n) is 2.46. The number of hydrogen-bond donors (Lipinski definition) is 0. The van der Waals surface area contributed by atoms with Crippen LogP contribution in [-0.2, 0) is 4.43 Å². The van der Waals surface area contributed by atoms with Gasteiger partial charge in [0, 0.05) is 12.4 Å². The summed E-state index contributed by atoms with van der Waals surface area (Å²) in [4.78, 5) is 0. The largest absolute Gasteiger partial charge is 0.427 e. The van der Waals surface area contributed by atoms with E-state index in [1.807, 2.05) is 0 Å². The molecule has 0 fully saturated rings. The van der Waals surface area contributed by atoms with E-state index >= 15 is 0 Å². The van der Waals surface area contributed by atoms with Gasteiger partial charge in [0.15, 0.2) is 9.76 Å². The highest BCUT2D eigenvalue weighted by molar-refractivity contribution is 9.09. The Morgan fingerprint density at radius 2 is 2.43 bits per heavy atom. The molecule has 0 aromatic rings. The molecule has 0 amide bonds. The second kappa shape index (κ2) is 6.66. The van der Waals surface area contributed by atoms with Crippen molar-refractivity contribution in [1.82, 2.24) is 0 Å². The third kappa shape index (κ3) is 6.66. The predicted molar refractivity (Wildman–Crippen MR) is 38.8 cm³/mol. The van der Waals surface area contributed by atoms with Crippen molar-refractivity contribution in [3.8, 4) is 0 Å². The van der Waals surface area contributed by atoms with E-state index in [-0.39, 0.29) is 9.76 Å². The van der Waals surface area contributed by atoms with Crippen molar-refractivity contribution in [2.24, 2.45) is 0 Å². The van der Waals surface area contributed by atoms with Crippen LogP contribution in [0.2, 0.25) is 6.04 Å². The van der Waals surface area contributed by atoms with Gasteiger partial charge in [0.05, 0.1) is 0 Å². The molecule has 3 heteroatoms. The van der Waals surface area contributed by atoms with Crippen molar-refractivity contribution >= 4 is 25.7 Å². The molecule has 0 aromatic heterocycles. The first-order valence-corrected chi connectivity index (χ1v) is 5.16. The molecule has 44 valence electrons. The average Bonchev–Trinajstić information content (AvgIpc) is 1.69. The van der Waals surface area contributed by atoms with E-state index in [0.29, 0.717) is 0 Å². The third-order valence-electron chi connectivity index (χ3n) is 0.732. The van der Waals surface area contributed by atoms with Crippen molar-refractivity contribution in [3.63, 3.8) is 0 Å². The summed E-state index contributed by atoms with van der Waals surface area (Å²) in [5, 5.41) is 1.13. The minimum atomic E-state index is -0.119.